The van der Waals surface area contributed by atoms with Gasteiger partial charge in [-0.15, -0.1) is 11.3 Å². The summed E-state index contributed by atoms with van der Waals surface area (Å²) in [6, 6.07) is 4.21. The summed E-state index contributed by atoms with van der Waals surface area (Å²) in [5.41, 5.74) is 6.12. The fourth-order valence-electron chi connectivity index (χ4n) is 4.07. The maximum absolute atomic E-state index is 12.2. The molecule has 2 atom stereocenters. The fourth-order valence-corrected chi connectivity index (χ4v) is 4.71. The van der Waals surface area contributed by atoms with E-state index in [9.17, 15) is 9.59 Å². The third kappa shape index (κ3) is 4.12. The molecule has 3 rings (SSSR count). The van der Waals surface area contributed by atoms with E-state index in [4.69, 9.17) is 5.73 Å². The van der Waals surface area contributed by atoms with Crippen LogP contribution < -0.4 is 16.4 Å². The first-order valence-electron chi connectivity index (χ1n) is 8.50. The molecule has 2 unspecified atom stereocenters. The van der Waals surface area contributed by atoms with Crippen LogP contribution in [0.25, 0.3) is 0 Å². The average molecular weight is 335 g/mol. The molecule has 2 aliphatic rings. The molecular weight excluding hydrogens is 310 g/mol. The first-order valence-corrected chi connectivity index (χ1v) is 9.38. The predicted octanol–water partition coefficient (Wildman–Crippen LogP) is 1.89. The number of hydrogen-bond donors (Lipinski definition) is 3. The Labute approximate surface area is 141 Å². The molecule has 2 fully saturated rings. The van der Waals surface area contributed by atoms with Crippen LogP contribution in [0.3, 0.4) is 0 Å². The molecule has 0 spiro atoms. The number of nitrogens with one attached hydrogen (secondary N) is 2. The maximum Gasteiger partial charge on any atom is 0.261 e. The van der Waals surface area contributed by atoms with Gasteiger partial charge in [0.05, 0.1) is 4.88 Å². The zero-order valence-electron chi connectivity index (χ0n) is 13.3. The molecule has 126 valence electrons. The quantitative estimate of drug-likeness (QED) is 0.768. The molecule has 0 aliphatic heterocycles. The third-order valence-electron chi connectivity index (χ3n) is 5.09. The maximum atomic E-state index is 12.2. The topological polar surface area (TPSA) is 84.2 Å². The Hall–Kier alpha value is -1.40. The third-order valence-corrected chi connectivity index (χ3v) is 5.96. The number of hydrogen-bond acceptors (Lipinski definition) is 4. The Bertz CT molecular complexity index is 532. The van der Waals surface area contributed by atoms with Gasteiger partial charge in [-0.1, -0.05) is 12.5 Å². The number of carbonyl (C=O) groups excluding carboxylic acids is 2. The molecular formula is C17H25N3O2S. The number of amides is 2. The van der Waals surface area contributed by atoms with Crippen LogP contribution in [0.2, 0.25) is 0 Å². The lowest BCUT2D eigenvalue weighted by Gasteiger charge is -2.45. The molecule has 2 amide bonds. The molecule has 2 bridgehead atoms. The number of rotatable bonds is 5. The number of carbonyl (C=O) groups is 2. The molecule has 1 heterocycles. The van der Waals surface area contributed by atoms with E-state index in [-0.39, 0.29) is 17.9 Å². The minimum atomic E-state index is -0.103. The van der Waals surface area contributed by atoms with Gasteiger partial charge >= 0.3 is 0 Å². The zero-order valence-corrected chi connectivity index (χ0v) is 14.1. The van der Waals surface area contributed by atoms with Gasteiger partial charge in [-0.25, -0.2) is 0 Å². The van der Waals surface area contributed by atoms with E-state index in [0.29, 0.717) is 35.7 Å². The van der Waals surface area contributed by atoms with Crippen molar-refractivity contribution in [1.82, 2.24) is 10.6 Å². The van der Waals surface area contributed by atoms with Crippen molar-refractivity contribution in [2.24, 2.45) is 17.6 Å². The molecule has 4 N–H and O–H groups in total. The van der Waals surface area contributed by atoms with E-state index < -0.39 is 0 Å². The van der Waals surface area contributed by atoms with Crippen molar-refractivity contribution in [1.29, 1.82) is 0 Å². The number of fused-ring (bicyclic) bond motifs is 2. The number of thiophene rings is 1. The predicted molar refractivity (Wildman–Crippen MR) is 91.2 cm³/mol. The Morgan fingerprint density at radius 3 is 2.65 bits per heavy atom. The van der Waals surface area contributed by atoms with Gasteiger partial charge in [-0.3, -0.25) is 9.59 Å². The summed E-state index contributed by atoms with van der Waals surface area (Å²) < 4.78 is 0. The molecule has 1 aromatic rings. The van der Waals surface area contributed by atoms with E-state index >= 15 is 0 Å². The van der Waals surface area contributed by atoms with Gasteiger partial charge in [-0.2, -0.15) is 0 Å². The lowest BCUT2D eigenvalue weighted by atomic mass is 9.67. The van der Waals surface area contributed by atoms with Gasteiger partial charge in [-0.05, 0) is 49.0 Å². The summed E-state index contributed by atoms with van der Waals surface area (Å²) in [6.45, 7) is 0.379. The minimum Gasteiger partial charge on any atom is -0.353 e. The molecule has 23 heavy (non-hydrogen) atoms. The lowest BCUT2D eigenvalue weighted by molar-refractivity contribution is -0.123. The molecule has 1 aromatic heterocycles. The Balaban J connectivity index is 1.43. The van der Waals surface area contributed by atoms with Crippen molar-refractivity contribution in [2.75, 3.05) is 6.54 Å². The van der Waals surface area contributed by atoms with Gasteiger partial charge in [0.25, 0.3) is 5.91 Å². The van der Waals surface area contributed by atoms with Crippen LogP contribution in [-0.2, 0) is 4.79 Å². The average Bonchev–Trinajstić information content (AvgIpc) is 3.02. The molecule has 0 radical (unpaired) electrons. The van der Waals surface area contributed by atoms with E-state index in [1.54, 1.807) is 6.07 Å². The highest BCUT2D eigenvalue weighted by molar-refractivity contribution is 7.12. The lowest BCUT2D eigenvalue weighted by Crippen LogP contribution is -2.54. The standard InChI is InChI=1S/C17H25N3O2S/c18-13-9-11-3-1-4-12(10-13)16(11)20-15(21)6-7-19-17(22)14-5-2-8-23-14/h2,5,8,11-13,16H,1,3-4,6-7,9-10,18H2,(H,19,22)(H,20,21). The second-order valence-electron chi connectivity index (χ2n) is 6.76. The molecule has 2 saturated carbocycles. The van der Waals surface area contributed by atoms with Crippen molar-refractivity contribution in [3.8, 4) is 0 Å². The van der Waals surface area contributed by atoms with Crippen molar-refractivity contribution in [3.63, 3.8) is 0 Å². The van der Waals surface area contributed by atoms with Crippen LogP contribution in [0.1, 0.15) is 48.2 Å². The van der Waals surface area contributed by atoms with Crippen LogP contribution in [0, 0.1) is 11.8 Å². The summed E-state index contributed by atoms with van der Waals surface area (Å²) in [5, 5.41) is 7.88. The molecule has 0 saturated heterocycles. The smallest absolute Gasteiger partial charge is 0.261 e. The highest BCUT2D eigenvalue weighted by Gasteiger charge is 2.39. The van der Waals surface area contributed by atoms with Crippen LogP contribution >= 0.6 is 11.3 Å². The van der Waals surface area contributed by atoms with Crippen LogP contribution in [-0.4, -0.2) is 30.4 Å². The van der Waals surface area contributed by atoms with Gasteiger partial charge in [0.1, 0.15) is 0 Å². The van der Waals surface area contributed by atoms with Crippen molar-refractivity contribution in [2.45, 2.75) is 50.6 Å². The van der Waals surface area contributed by atoms with Crippen molar-refractivity contribution in [3.05, 3.63) is 22.4 Å². The Morgan fingerprint density at radius 1 is 1.26 bits per heavy atom. The summed E-state index contributed by atoms with van der Waals surface area (Å²) in [5.74, 6) is 0.992. The Kier molecular flexibility index (Phi) is 5.33. The monoisotopic (exact) mass is 335 g/mol. The van der Waals surface area contributed by atoms with Crippen molar-refractivity contribution < 1.29 is 9.59 Å². The van der Waals surface area contributed by atoms with E-state index in [2.05, 4.69) is 10.6 Å². The van der Waals surface area contributed by atoms with Crippen LogP contribution in [0.15, 0.2) is 17.5 Å². The summed E-state index contributed by atoms with van der Waals surface area (Å²) >= 11 is 1.41. The number of nitrogens with two attached hydrogens (primary N) is 1. The SMILES string of the molecule is NC1CC2CCCC(C1)C2NC(=O)CCNC(=O)c1cccs1. The summed E-state index contributed by atoms with van der Waals surface area (Å²) in [4.78, 5) is 24.7. The first kappa shape index (κ1) is 16.5. The largest absolute Gasteiger partial charge is 0.353 e. The van der Waals surface area contributed by atoms with Gasteiger partial charge in [0.2, 0.25) is 5.91 Å². The van der Waals surface area contributed by atoms with E-state index in [1.807, 2.05) is 11.4 Å². The van der Waals surface area contributed by atoms with Gasteiger partial charge < -0.3 is 16.4 Å². The summed E-state index contributed by atoms with van der Waals surface area (Å²) in [6.07, 6.45) is 5.98. The normalized spacial score (nSPS) is 29.8. The van der Waals surface area contributed by atoms with Crippen molar-refractivity contribution >= 4 is 23.2 Å². The minimum absolute atomic E-state index is 0.0360. The second kappa shape index (κ2) is 7.45. The summed E-state index contributed by atoms with van der Waals surface area (Å²) in [7, 11) is 0. The fraction of sp³-hybridized carbons (Fsp3) is 0.647. The second-order valence-corrected chi connectivity index (χ2v) is 7.71. The zero-order chi connectivity index (χ0) is 16.2. The molecule has 2 aliphatic carbocycles. The van der Waals surface area contributed by atoms with E-state index in [1.165, 1.54) is 30.6 Å². The highest BCUT2D eigenvalue weighted by atomic mass is 32.1. The van der Waals surface area contributed by atoms with Crippen LogP contribution in [0.4, 0.5) is 0 Å². The molecule has 5 nitrogen and oxygen atoms in total. The highest BCUT2D eigenvalue weighted by Crippen LogP contribution is 2.39. The van der Waals surface area contributed by atoms with Crippen LogP contribution in [0.5, 0.6) is 0 Å². The van der Waals surface area contributed by atoms with E-state index in [0.717, 1.165) is 12.8 Å². The van der Waals surface area contributed by atoms with Gasteiger partial charge in [0.15, 0.2) is 0 Å². The molecule has 6 heteroatoms. The Morgan fingerprint density at radius 2 is 2.00 bits per heavy atom. The molecule has 0 aromatic carbocycles. The van der Waals surface area contributed by atoms with Gasteiger partial charge in [0, 0.05) is 25.0 Å². The first-order chi connectivity index (χ1) is 11.1.